The van der Waals surface area contributed by atoms with Gasteiger partial charge in [0.25, 0.3) is 0 Å². The van der Waals surface area contributed by atoms with Gasteiger partial charge in [0, 0.05) is 23.7 Å². The summed E-state index contributed by atoms with van der Waals surface area (Å²) in [7, 11) is 0. The van der Waals surface area contributed by atoms with Crippen LogP contribution < -0.4 is 0 Å². The number of carbonyl (C=O) groups excluding carboxylic acids is 1. The number of carbonyl (C=O) groups is 1. The SMILES string of the molecule is CC(C)(C)OCCn1ccc2cccc(C=O)c21. The lowest BCUT2D eigenvalue weighted by molar-refractivity contribution is -0.00645. The van der Waals surface area contributed by atoms with Crippen LogP contribution in [0.4, 0.5) is 0 Å². The summed E-state index contributed by atoms with van der Waals surface area (Å²) in [5.74, 6) is 0. The fraction of sp³-hybridized carbons (Fsp3) is 0.400. The van der Waals surface area contributed by atoms with E-state index in [1.807, 2.05) is 51.2 Å². The Bertz CT molecular complexity index is 549. The molecule has 0 aliphatic heterocycles. The Morgan fingerprint density at radius 3 is 2.72 bits per heavy atom. The molecule has 2 rings (SSSR count). The second kappa shape index (κ2) is 4.94. The van der Waals surface area contributed by atoms with E-state index in [9.17, 15) is 4.79 Å². The summed E-state index contributed by atoms with van der Waals surface area (Å²) in [5.41, 5.74) is 1.59. The lowest BCUT2D eigenvalue weighted by atomic mass is 10.1. The molecule has 0 saturated carbocycles. The summed E-state index contributed by atoms with van der Waals surface area (Å²) in [4.78, 5) is 11.1. The molecule has 3 heteroatoms. The first-order chi connectivity index (χ1) is 8.51. The van der Waals surface area contributed by atoms with Crippen molar-refractivity contribution < 1.29 is 9.53 Å². The van der Waals surface area contributed by atoms with E-state index in [2.05, 4.69) is 4.57 Å². The predicted molar refractivity (Wildman–Crippen MR) is 73.0 cm³/mol. The van der Waals surface area contributed by atoms with Gasteiger partial charge in [-0.2, -0.15) is 0 Å². The molecule has 0 amide bonds. The summed E-state index contributed by atoms with van der Waals surface area (Å²) in [6.45, 7) is 7.51. The van der Waals surface area contributed by atoms with Gasteiger partial charge < -0.3 is 9.30 Å². The first-order valence-corrected chi connectivity index (χ1v) is 6.18. The number of ether oxygens (including phenoxy) is 1. The molecule has 0 spiro atoms. The highest BCUT2D eigenvalue weighted by molar-refractivity contribution is 5.96. The molecule has 0 fully saturated rings. The maximum absolute atomic E-state index is 11.1. The molecular formula is C15H19NO2. The highest BCUT2D eigenvalue weighted by Crippen LogP contribution is 2.19. The Morgan fingerprint density at radius 1 is 1.28 bits per heavy atom. The van der Waals surface area contributed by atoms with Gasteiger partial charge in [-0.25, -0.2) is 0 Å². The van der Waals surface area contributed by atoms with E-state index in [0.29, 0.717) is 6.61 Å². The van der Waals surface area contributed by atoms with Crippen molar-refractivity contribution in [3.8, 4) is 0 Å². The van der Waals surface area contributed by atoms with Crippen molar-refractivity contribution in [2.75, 3.05) is 6.61 Å². The fourth-order valence-electron chi connectivity index (χ4n) is 2.02. The third-order valence-corrected chi connectivity index (χ3v) is 2.81. The molecule has 2 aromatic rings. The zero-order valence-corrected chi connectivity index (χ0v) is 11.1. The molecule has 3 nitrogen and oxygen atoms in total. The van der Waals surface area contributed by atoms with E-state index in [1.165, 1.54) is 0 Å². The number of hydrogen-bond acceptors (Lipinski definition) is 2. The van der Waals surface area contributed by atoms with E-state index in [4.69, 9.17) is 4.74 Å². The normalized spacial score (nSPS) is 11.9. The maximum atomic E-state index is 11.1. The lowest BCUT2D eigenvalue weighted by Crippen LogP contribution is -2.21. The van der Waals surface area contributed by atoms with E-state index < -0.39 is 0 Å². The van der Waals surface area contributed by atoms with Crippen molar-refractivity contribution >= 4 is 17.2 Å². The van der Waals surface area contributed by atoms with Crippen LogP contribution in [0.25, 0.3) is 10.9 Å². The zero-order chi connectivity index (χ0) is 13.2. The fourth-order valence-corrected chi connectivity index (χ4v) is 2.02. The largest absolute Gasteiger partial charge is 0.374 e. The minimum absolute atomic E-state index is 0.129. The van der Waals surface area contributed by atoms with Crippen LogP contribution in [0.3, 0.4) is 0 Å². The van der Waals surface area contributed by atoms with Crippen LogP contribution >= 0.6 is 0 Å². The van der Waals surface area contributed by atoms with Gasteiger partial charge in [0.1, 0.15) is 0 Å². The van der Waals surface area contributed by atoms with Crippen LogP contribution in [0.15, 0.2) is 30.5 Å². The Morgan fingerprint density at radius 2 is 2.06 bits per heavy atom. The van der Waals surface area contributed by atoms with Crippen molar-refractivity contribution in [1.82, 2.24) is 4.57 Å². The first kappa shape index (κ1) is 12.8. The number of para-hydroxylation sites is 1. The standard InChI is InChI=1S/C15H19NO2/c1-15(2,3)18-10-9-16-8-7-12-5-4-6-13(11-17)14(12)16/h4-8,11H,9-10H2,1-3H3. The van der Waals surface area contributed by atoms with Gasteiger partial charge in [-0.3, -0.25) is 4.79 Å². The van der Waals surface area contributed by atoms with Crippen molar-refractivity contribution in [2.24, 2.45) is 0 Å². The Kier molecular flexibility index (Phi) is 3.53. The monoisotopic (exact) mass is 245 g/mol. The molecule has 0 radical (unpaired) electrons. The van der Waals surface area contributed by atoms with Gasteiger partial charge in [-0.15, -0.1) is 0 Å². The number of rotatable bonds is 4. The summed E-state index contributed by atoms with van der Waals surface area (Å²) in [6, 6.07) is 7.79. The molecule has 1 aromatic carbocycles. The summed E-state index contributed by atoms with van der Waals surface area (Å²) >= 11 is 0. The van der Waals surface area contributed by atoms with Crippen LogP contribution in [-0.4, -0.2) is 23.1 Å². The van der Waals surface area contributed by atoms with Gasteiger partial charge >= 0.3 is 0 Å². The Labute approximate surface area is 107 Å². The molecule has 96 valence electrons. The molecular weight excluding hydrogens is 226 g/mol. The summed E-state index contributed by atoms with van der Waals surface area (Å²) in [6.07, 6.45) is 2.91. The number of aldehydes is 1. The van der Waals surface area contributed by atoms with E-state index in [-0.39, 0.29) is 5.60 Å². The molecule has 0 aliphatic carbocycles. The molecule has 0 bridgehead atoms. The van der Waals surface area contributed by atoms with Crippen LogP contribution in [0.5, 0.6) is 0 Å². The minimum Gasteiger partial charge on any atom is -0.374 e. The van der Waals surface area contributed by atoms with Crippen molar-refractivity contribution in [2.45, 2.75) is 32.9 Å². The quantitative estimate of drug-likeness (QED) is 0.774. The van der Waals surface area contributed by atoms with Crippen LogP contribution in [0.2, 0.25) is 0 Å². The lowest BCUT2D eigenvalue weighted by Gasteiger charge is -2.20. The van der Waals surface area contributed by atoms with Crippen molar-refractivity contribution in [3.05, 3.63) is 36.0 Å². The molecule has 1 aromatic heterocycles. The van der Waals surface area contributed by atoms with Crippen LogP contribution in [0.1, 0.15) is 31.1 Å². The second-order valence-corrected chi connectivity index (χ2v) is 5.37. The molecule has 18 heavy (non-hydrogen) atoms. The predicted octanol–water partition coefficient (Wildman–Crippen LogP) is 3.27. The molecule has 0 unspecified atom stereocenters. The van der Waals surface area contributed by atoms with Gasteiger partial charge in [0.05, 0.1) is 17.7 Å². The van der Waals surface area contributed by atoms with Crippen LogP contribution in [0, 0.1) is 0 Å². The van der Waals surface area contributed by atoms with Gasteiger partial charge in [0.15, 0.2) is 6.29 Å². The van der Waals surface area contributed by atoms with Gasteiger partial charge in [-0.1, -0.05) is 12.1 Å². The summed E-state index contributed by atoms with van der Waals surface area (Å²) < 4.78 is 7.79. The molecule has 0 atom stereocenters. The molecule has 0 aliphatic rings. The number of aromatic nitrogens is 1. The average Bonchev–Trinajstić information content (AvgIpc) is 2.71. The van der Waals surface area contributed by atoms with E-state index in [0.717, 1.165) is 29.3 Å². The molecule has 0 N–H and O–H groups in total. The van der Waals surface area contributed by atoms with Crippen LogP contribution in [-0.2, 0) is 11.3 Å². The van der Waals surface area contributed by atoms with Crippen molar-refractivity contribution in [1.29, 1.82) is 0 Å². The topological polar surface area (TPSA) is 31.2 Å². The third-order valence-electron chi connectivity index (χ3n) is 2.81. The molecule has 1 heterocycles. The Hall–Kier alpha value is -1.61. The van der Waals surface area contributed by atoms with Crippen molar-refractivity contribution in [3.63, 3.8) is 0 Å². The molecule has 0 saturated heterocycles. The average molecular weight is 245 g/mol. The first-order valence-electron chi connectivity index (χ1n) is 6.18. The number of nitrogens with zero attached hydrogens (tertiary/aromatic N) is 1. The number of fused-ring (bicyclic) bond motifs is 1. The van der Waals surface area contributed by atoms with Gasteiger partial charge in [-0.05, 0) is 32.9 Å². The second-order valence-electron chi connectivity index (χ2n) is 5.37. The van der Waals surface area contributed by atoms with E-state index in [1.54, 1.807) is 0 Å². The van der Waals surface area contributed by atoms with E-state index >= 15 is 0 Å². The smallest absolute Gasteiger partial charge is 0.152 e. The number of hydrogen-bond donors (Lipinski definition) is 0. The highest BCUT2D eigenvalue weighted by atomic mass is 16.5. The maximum Gasteiger partial charge on any atom is 0.152 e. The Balaban J connectivity index is 2.21. The third kappa shape index (κ3) is 2.79. The highest BCUT2D eigenvalue weighted by Gasteiger charge is 2.10. The zero-order valence-electron chi connectivity index (χ0n) is 11.1. The number of benzene rings is 1. The minimum atomic E-state index is -0.129. The summed E-state index contributed by atoms with van der Waals surface area (Å²) in [5, 5.41) is 1.09. The van der Waals surface area contributed by atoms with Gasteiger partial charge in [0.2, 0.25) is 0 Å².